The van der Waals surface area contributed by atoms with Crippen LogP contribution in [-0.4, -0.2) is 107 Å². The van der Waals surface area contributed by atoms with Gasteiger partial charge in [-0.2, -0.15) is 9.97 Å². The molecule has 40 heavy (non-hydrogen) atoms. The third-order valence-corrected chi connectivity index (χ3v) is 8.68. The molecule has 11 nitrogen and oxygen atoms in total. The monoisotopic (exact) mass is 545 g/mol. The van der Waals surface area contributed by atoms with Crippen molar-refractivity contribution in [3.8, 4) is 0 Å². The van der Waals surface area contributed by atoms with Crippen LogP contribution in [0.25, 0.3) is 11.2 Å². The van der Waals surface area contributed by atoms with Crippen molar-refractivity contribution in [2.24, 2.45) is 5.92 Å². The van der Waals surface area contributed by atoms with Crippen molar-refractivity contribution < 1.29 is 9.53 Å². The van der Waals surface area contributed by atoms with Crippen molar-refractivity contribution in [1.82, 2.24) is 29.3 Å². The summed E-state index contributed by atoms with van der Waals surface area (Å²) in [6.45, 7) is 14.6. The maximum absolute atomic E-state index is 12.3. The van der Waals surface area contributed by atoms with E-state index in [4.69, 9.17) is 19.7 Å². The quantitative estimate of drug-likeness (QED) is 0.450. The maximum atomic E-state index is 12.3. The highest BCUT2D eigenvalue weighted by molar-refractivity contribution is 5.88. The molecule has 3 aromatic rings. The van der Waals surface area contributed by atoms with E-state index in [-0.39, 0.29) is 17.9 Å². The van der Waals surface area contributed by atoms with E-state index in [0.29, 0.717) is 37.9 Å². The van der Waals surface area contributed by atoms with Gasteiger partial charge in [-0.1, -0.05) is 6.58 Å². The number of amides is 1. The molecule has 3 fully saturated rings. The van der Waals surface area contributed by atoms with Gasteiger partial charge in [0.05, 0.1) is 19.4 Å². The van der Waals surface area contributed by atoms with Gasteiger partial charge in [-0.05, 0) is 51.2 Å². The van der Waals surface area contributed by atoms with Crippen LogP contribution in [0.15, 0.2) is 43.2 Å². The minimum absolute atomic E-state index is 0.0546. The summed E-state index contributed by atoms with van der Waals surface area (Å²) in [7, 11) is 3.90. The third-order valence-electron chi connectivity index (χ3n) is 8.68. The number of nitrogens with one attached hydrogen (secondary N) is 1. The molecule has 0 saturated carbocycles. The Labute approximate surface area is 235 Å². The molecule has 0 radical (unpaired) electrons. The zero-order valence-electron chi connectivity index (χ0n) is 23.9. The number of imidazole rings is 1. The van der Waals surface area contributed by atoms with Crippen molar-refractivity contribution in [1.29, 1.82) is 0 Å². The van der Waals surface area contributed by atoms with Gasteiger partial charge in [0.1, 0.15) is 5.60 Å². The van der Waals surface area contributed by atoms with Crippen LogP contribution >= 0.6 is 0 Å². The van der Waals surface area contributed by atoms with E-state index >= 15 is 0 Å². The topological polar surface area (TPSA) is 94.9 Å². The molecule has 1 aromatic carbocycles. The largest absolute Gasteiger partial charge is 0.374 e. The van der Waals surface area contributed by atoms with Gasteiger partial charge in [-0.25, -0.2) is 4.98 Å². The summed E-state index contributed by atoms with van der Waals surface area (Å²) in [6, 6.07) is 8.74. The first-order chi connectivity index (χ1) is 19.3. The van der Waals surface area contributed by atoms with Gasteiger partial charge in [-0.3, -0.25) is 4.79 Å². The second-order valence-electron chi connectivity index (χ2n) is 11.5. The van der Waals surface area contributed by atoms with Crippen LogP contribution in [0.2, 0.25) is 0 Å². The van der Waals surface area contributed by atoms with Crippen LogP contribution in [0.4, 0.5) is 23.1 Å². The summed E-state index contributed by atoms with van der Waals surface area (Å²) in [4.78, 5) is 35.8. The molecule has 212 valence electrons. The summed E-state index contributed by atoms with van der Waals surface area (Å²) in [5.41, 5.74) is 3.26. The number of anilines is 4. The SMILES string of the molecule is C=CC(=O)N1CC2CN(c3nc(Nc4ccc(N5CCN(C)CC5)cc4)c4ncn(C(C)C)c4n3)CC2(OC)C1. The minimum Gasteiger partial charge on any atom is -0.374 e. The van der Waals surface area contributed by atoms with E-state index in [0.717, 1.165) is 43.0 Å². The number of rotatable bonds is 7. The number of fused-ring (bicyclic) bond motifs is 2. The Morgan fingerprint density at radius 1 is 1.10 bits per heavy atom. The number of carbonyl (C=O) groups excluding carboxylic acids is 1. The summed E-state index contributed by atoms with van der Waals surface area (Å²) in [6.07, 6.45) is 3.21. The van der Waals surface area contributed by atoms with Crippen LogP contribution in [0.1, 0.15) is 19.9 Å². The highest BCUT2D eigenvalue weighted by Crippen LogP contribution is 2.40. The molecule has 1 amide bonds. The predicted molar refractivity (Wildman–Crippen MR) is 157 cm³/mol. The standard InChI is InChI=1S/C29H39N9O2/c1-6-24(39)36-15-21-16-37(18-29(21,17-36)40-5)28-32-26(25-27(33-28)38(19-30-25)20(2)3)31-22-7-9-23(10-8-22)35-13-11-34(4)12-14-35/h6-10,19-21H,1,11-18H2,2-5H3,(H,31,32,33). The van der Waals surface area contributed by atoms with Crippen LogP contribution in [0.5, 0.6) is 0 Å². The number of hydrogen-bond donors (Lipinski definition) is 1. The van der Waals surface area contributed by atoms with Crippen molar-refractivity contribution >= 4 is 40.2 Å². The van der Waals surface area contributed by atoms with Gasteiger partial charge in [-0.15, -0.1) is 0 Å². The summed E-state index contributed by atoms with van der Waals surface area (Å²) in [5, 5.41) is 3.53. The molecule has 5 heterocycles. The molecule has 2 aromatic heterocycles. The molecule has 2 unspecified atom stereocenters. The fourth-order valence-electron chi connectivity index (χ4n) is 6.22. The summed E-state index contributed by atoms with van der Waals surface area (Å²) < 4.78 is 8.14. The van der Waals surface area contributed by atoms with Crippen molar-refractivity contribution in [2.75, 3.05) is 81.6 Å². The van der Waals surface area contributed by atoms with Gasteiger partial charge in [0.15, 0.2) is 17.0 Å². The lowest BCUT2D eigenvalue weighted by Gasteiger charge is -2.34. The van der Waals surface area contributed by atoms with Crippen molar-refractivity contribution in [3.05, 3.63) is 43.2 Å². The van der Waals surface area contributed by atoms with Crippen LogP contribution in [0.3, 0.4) is 0 Å². The highest BCUT2D eigenvalue weighted by atomic mass is 16.5. The fraction of sp³-hybridized carbons (Fsp3) is 0.517. The molecular weight excluding hydrogens is 506 g/mol. The van der Waals surface area contributed by atoms with Crippen molar-refractivity contribution in [3.63, 3.8) is 0 Å². The van der Waals surface area contributed by atoms with E-state index in [1.54, 1.807) is 7.11 Å². The number of aromatic nitrogens is 4. The Bertz CT molecular complexity index is 1400. The van der Waals surface area contributed by atoms with E-state index in [1.807, 2.05) is 11.2 Å². The third kappa shape index (κ3) is 4.66. The number of nitrogens with zero attached hydrogens (tertiary/aromatic N) is 8. The van der Waals surface area contributed by atoms with Gasteiger partial charge in [0.2, 0.25) is 11.9 Å². The molecule has 0 aliphatic carbocycles. The van der Waals surface area contributed by atoms with Crippen LogP contribution in [0, 0.1) is 5.92 Å². The smallest absolute Gasteiger partial charge is 0.246 e. The second kappa shape index (κ2) is 10.4. The molecule has 0 spiro atoms. The second-order valence-corrected chi connectivity index (χ2v) is 11.5. The summed E-state index contributed by atoms with van der Waals surface area (Å²) in [5.74, 6) is 1.42. The minimum atomic E-state index is -0.456. The van der Waals surface area contributed by atoms with Gasteiger partial charge >= 0.3 is 0 Å². The molecule has 1 N–H and O–H groups in total. The fourth-order valence-corrected chi connectivity index (χ4v) is 6.22. The number of piperazine rings is 1. The number of benzene rings is 1. The Kier molecular flexibility index (Phi) is 6.87. The molecular formula is C29H39N9O2. The average molecular weight is 546 g/mol. The molecule has 3 aliphatic rings. The van der Waals surface area contributed by atoms with Crippen LogP contribution < -0.4 is 15.1 Å². The molecule has 0 bridgehead atoms. The van der Waals surface area contributed by atoms with Gasteiger partial charge in [0, 0.05) is 69.7 Å². The lowest BCUT2D eigenvalue weighted by molar-refractivity contribution is -0.126. The lowest BCUT2D eigenvalue weighted by Crippen LogP contribution is -2.44. The summed E-state index contributed by atoms with van der Waals surface area (Å²) >= 11 is 0. The molecule has 11 heteroatoms. The Hall–Kier alpha value is -3.70. The zero-order valence-corrected chi connectivity index (χ0v) is 23.9. The Morgan fingerprint density at radius 3 is 2.50 bits per heavy atom. The van der Waals surface area contributed by atoms with E-state index in [1.165, 1.54) is 11.8 Å². The first-order valence-electron chi connectivity index (χ1n) is 14.1. The Morgan fingerprint density at radius 2 is 1.85 bits per heavy atom. The number of likely N-dealkylation sites (N-methyl/N-ethyl adjacent to an activating group) is 1. The zero-order chi connectivity index (χ0) is 28.0. The number of carbonyl (C=O) groups is 1. The van der Waals surface area contributed by atoms with Crippen LogP contribution in [-0.2, 0) is 9.53 Å². The Balaban J connectivity index is 1.28. The normalized spacial score (nSPS) is 23.3. The average Bonchev–Trinajstić information content (AvgIpc) is 3.65. The van der Waals surface area contributed by atoms with E-state index in [9.17, 15) is 4.79 Å². The molecule has 2 atom stereocenters. The molecule has 3 aliphatic heterocycles. The molecule has 6 rings (SSSR count). The highest BCUT2D eigenvalue weighted by Gasteiger charge is 2.54. The number of hydrogen-bond acceptors (Lipinski definition) is 9. The number of ether oxygens (including phenoxy) is 1. The van der Waals surface area contributed by atoms with Gasteiger partial charge in [0.25, 0.3) is 0 Å². The number of likely N-dealkylation sites (tertiary alicyclic amines) is 1. The van der Waals surface area contributed by atoms with E-state index < -0.39 is 5.60 Å². The number of methoxy groups -OCH3 is 1. The van der Waals surface area contributed by atoms with E-state index in [2.05, 4.69) is 76.3 Å². The first-order valence-corrected chi connectivity index (χ1v) is 14.1. The first kappa shape index (κ1) is 26.5. The van der Waals surface area contributed by atoms with Gasteiger partial charge < -0.3 is 34.2 Å². The predicted octanol–water partition coefficient (Wildman–Crippen LogP) is 2.75. The molecule has 3 saturated heterocycles. The lowest BCUT2D eigenvalue weighted by atomic mass is 9.95. The van der Waals surface area contributed by atoms with Crippen molar-refractivity contribution in [2.45, 2.75) is 25.5 Å². The maximum Gasteiger partial charge on any atom is 0.246 e.